The van der Waals surface area contributed by atoms with Crippen molar-refractivity contribution < 1.29 is 10.0 Å². The molecule has 0 amide bonds. The van der Waals surface area contributed by atoms with Crippen LogP contribution in [0.5, 0.6) is 0 Å². The molecule has 0 saturated carbocycles. The standard InChI is InChI=1S/C5H5BN2O2/c7-3-4-1-2-8-5(4)6(9)10/h1-2,8-10H. The fourth-order valence-corrected chi connectivity index (χ4v) is 0.693. The lowest BCUT2D eigenvalue weighted by atomic mass is 9.84. The lowest BCUT2D eigenvalue weighted by molar-refractivity contribution is 0.424. The van der Waals surface area contributed by atoms with Crippen LogP contribution in [-0.4, -0.2) is 22.2 Å². The van der Waals surface area contributed by atoms with Crippen LogP contribution in [0.4, 0.5) is 0 Å². The van der Waals surface area contributed by atoms with Crippen molar-refractivity contribution in [3.05, 3.63) is 17.8 Å². The van der Waals surface area contributed by atoms with Gasteiger partial charge in [-0.1, -0.05) is 0 Å². The molecule has 0 spiro atoms. The summed E-state index contributed by atoms with van der Waals surface area (Å²) >= 11 is 0. The maximum Gasteiger partial charge on any atom is 0.507 e. The molecule has 4 nitrogen and oxygen atoms in total. The minimum absolute atomic E-state index is 0.141. The highest BCUT2D eigenvalue weighted by Crippen LogP contribution is 1.90. The first-order valence-corrected chi connectivity index (χ1v) is 2.69. The molecule has 3 N–H and O–H groups in total. The molecule has 0 radical (unpaired) electrons. The predicted octanol–water partition coefficient (Wildman–Crippen LogP) is -1.43. The molecule has 0 fully saturated rings. The van der Waals surface area contributed by atoms with Crippen molar-refractivity contribution in [2.75, 3.05) is 0 Å². The van der Waals surface area contributed by atoms with Gasteiger partial charge in [0.05, 0.1) is 11.2 Å². The van der Waals surface area contributed by atoms with Gasteiger partial charge in [-0.3, -0.25) is 0 Å². The zero-order chi connectivity index (χ0) is 7.56. The van der Waals surface area contributed by atoms with Crippen molar-refractivity contribution in [3.8, 4) is 6.07 Å². The van der Waals surface area contributed by atoms with E-state index in [9.17, 15) is 0 Å². The van der Waals surface area contributed by atoms with Crippen LogP contribution in [0.1, 0.15) is 5.56 Å². The van der Waals surface area contributed by atoms with E-state index in [1.807, 2.05) is 0 Å². The monoisotopic (exact) mass is 136 g/mol. The Labute approximate surface area is 57.9 Å². The first-order valence-electron chi connectivity index (χ1n) is 2.69. The first-order chi connectivity index (χ1) is 4.75. The number of aromatic amines is 1. The molecular formula is C5H5BN2O2. The Bertz CT molecular complexity index is 263. The van der Waals surface area contributed by atoms with E-state index in [2.05, 4.69) is 4.98 Å². The second-order valence-electron chi connectivity index (χ2n) is 1.79. The van der Waals surface area contributed by atoms with Crippen molar-refractivity contribution in [2.24, 2.45) is 0 Å². The normalized spacial score (nSPS) is 8.90. The maximum atomic E-state index is 8.60. The Morgan fingerprint density at radius 1 is 1.60 bits per heavy atom. The SMILES string of the molecule is N#Cc1cc[nH]c1B(O)O. The van der Waals surface area contributed by atoms with Crippen molar-refractivity contribution in [1.29, 1.82) is 5.26 Å². The topological polar surface area (TPSA) is 80.0 Å². The van der Waals surface area contributed by atoms with Crippen molar-refractivity contribution >= 4 is 12.7 Å². The maximum absolute atomic E-state index is 8.60. The number of rotatable bonds is 1. The molecule has 0 saturated heterocycles. The lowest BCUT2D eigenvalue weighted by Crippen LogP contribution is -2.32. The molecule has 0 unspecified atom stereocenters. The van der Waals surface area contributed by atoms with Crippen LogP contribution in [0.25, 0.3) is 0 Å². The van der Waals surface area contributed by atoms with Gasteiger partial charge >= 0.3 is 7.12 Å². The van der Waals surface area contributed by atoms with Gasteiger partial charge in [-0.15, -0.1) is 0 Å². The molecule has 1 aromatic heterocycles. The molecule has 0 aliphatic carbocycles. The summed E-state index contributed by atoms with van der Waals surface area (Å²) in [7, 11) is -1.59. The molecule has 1 aromatic rings. The van der Waals surface area contributed by atoms with Gasteiger partial charge < -0.3 is 15.0 Å². The Hall–Kier alpha value is -1.25. The van der Waals surface area contributed by atoms with Gasteiger partial charge in [0, 0.05) is 6.20 Å². The number of hydrogen-bond donors (Lipinski definition) is 3. The molecule has 0 aliphatic heterocycles. The molecule has 10 heavy (non-hydrogen) atoms. The fraction of sp³-hybridized carbons (Fsp3) is 0. The van der Waals surface area contributed by atoms with E-state index in [0.29, 0.717) is 0 Å². The smallest absolute Gasteiger partial charge is 0.422 e. The molecule has 1 heterocycles. The number of nitrogens with zero attached hydrogens (tertiary/aromatic N) is 1. The van der Waals surface area contributed by atoms with Crippen molar-refractivity contribution in [3.63, 3.8) is 0 Å². The molecule has 0 aliphatic rings. The second kappa shape index (κ2) is 2.56. The van der Waals surface area contributed by atoms with Crippen LogP contribution in [0.2, 0.25) is 0 Å². The Kier molecular flexibility index (Phi) is 1.76. The van der Waals surface area contributed by atoms with Gasteiger partial charge in [-0.05, 0) is 6.07 Å². The number of nitrogens with one attached hydrogen (secondary N) is 1. The summed E-state index contributed by atoms with van der Waals surface area (Å²) in [4.78, 5) is 2.53. The molecule has 0 atom stereocenters. The molecule has 1 rings (SSSR count). The second-order valence-corrected chi connectivity index (χ2v) is 1.79. The highest BCUT2D eigenvalue weighted by molar-refractivity contribution is 6.58. The van der Waals surface area contributed by atoms with E-state index in [4.69, 9.17) is 15.3 Å². The van der Waals surface area contributed by atoms with Gasteiger partial charge in [-0.2, -0.15) is 5.26 Å². The van der Waals surface area contributed by atoms with E-state index < -0.39 is 7.12 Å². The van der Waals surface area contributed by atoms with Crippen LogP contribution >= 0.6 is 0 Å². The van der Waals surface area contributed by atoms with Crippen LogP contribution in [0, 0.1) is 11.3 Å². The Balaban J connectivity index is 3.05. The summed E-state index contributed by atoms with van der Waals surface area (Å²) in [6, 6.07) is 3.29. The van der Waals surface area contributed by atoms with Gasteiger partial charge in [-0.25, -0.2) is 0 Å². The van der Waals surface area contributed by atoms with Gasteiger partial charge in [0.15, 0.2) is 0 Å². The lowest BCUT2D eigenvalue weighted by Gasteiger charge is -1.92. The average Bonchev–Trinajstić information content (AvgIpc) is 2.33. The number of hydrogen-bond acceptors (Lipinski definition) is 3. The molecule has 5 heteroatoms. The van der Waals surface area contributed by atoms with E-state index >= 15 is 0 Å². The van der Waals surface area contributed by atoms with Crippen LogP contribution in [0.15, 0.2) is 12.3 Å². The minimum atomic E-state index is -1.59. The highest BCUT2D eigenvalue weighted by atomic mass is 16.4. The van der Waals surface area contributed by atoms with Crippen LogP contribution in [-0.2, 0) is 0 Å². The average molecular weight is 136 g/mol. The third kappa shape index (κ3) is 1.03. The quantitative estimate of drug-likeness (QED) is 0.414. The fourth-order valence-electron chi connectivity index (χ4n) is 0.693. The summed E-state index contributed by atoms with van der Waals surface area (Å²) in [5.74, 6) is 0. The molecular weight excluding hydrogens is 131 g/mol. The summed E-state index contributed by atoms with van der Waals surface area (Å²) in [5, 5.41) is 25.6. The molecule has 50 valence electrons. The minimum Gasteiger partial charge on any atom is -0.422 e. The third-order valence-electron chi connectivity index (χ3n) is 1.16. The molecule has 0 bridgehead atoms. The van der Waals surface area contributed by atoms with E-state index in [0.717, 1.165) is 0 Å². The van der Waals surface area contributed by atoms with Crippen LogP contribution in [0.3, 0.4) is 0 Å². The third-order valence-corrected chi connectivity index (χ3v) is 1.16. The van der Waals surface area contributed by atoms with Gasteiger partial charge in [0.25, 0.3) is 0 Å². The zero-order valence-corrected chi connectivity index (χ0v) is 5.07. The molecule has 0 aromatic carbocycles. The van der Waals surface area contributed by atoms with Gasteiger partial charge in [0.1, 0.15) is 6.07 Å². The number of nitriles is 1. The largest absolute Gasteiger partial charge is 0.507 e. The van der Waals surface area contributed by atoms with E-state index in [1.165, 1.54) is 12.3 Å². The number of aromatic nitrogens is 1. The Morgan fingerprint density at radius 2 is 2.30 bits per heavy atom. The van der Waals surface area contributed by atoms with Crippen molar-refractivity contribution in [1.82, 2.24) is 4.98 Å². The van der Waals surface area contributed by atoms with E-state index in [1.54, 1.807) is 6.07 Å². The Morgan fingerprint density at radius 3 is 2.70 bits per heavy atom. The summed E-state index contributed by atoms with van der Waals surface area (Å²) in [6.45, 7) is 0. The summed E-state index contributed by atoms with van der Waals surface area (Å²) in [6.07, 6.45) is 1.48. The van der Waals surface area contributed by atoms with Crippen LogP contribution < -0.4 is 5.59 Å². The highest BCUT2D eigenvalue weighted by Gasteiger charge is 2.16. The number of H-pyrrole nitrogens is 1. The first kappa shape index (κ1) is 6.87. The van der Waals surface area contributed by atoms with Gasteiger partial charge in [0.2, 0.25) is 0 Å². The predicted molar refractivity (Wildman–Crippen MR) is 35.3 cm³/mol. The van der Waals surface area contributed by atoms with Crippen molar-refractivity contribution in [2.45, 2.75) is 0 Å². The zero-order valence-electron chi connectivity index (χ0n) is 5.07. The van der Waals surface area contributed by atoms with E-state index in [-0.39, 0.29) is 11.2 Å². The summed E-state index contributed by atoms with van der Waals surface area (Å²) in [5.41, 5.74) is 0.400. The summed E-state index contributed by atoms with van der Waals surface area (Å²) < 4.78 is 0.